The van der Waals surface area contributed by atoms with Crippen LogP contribution in [0.4, 0.5) is 4.79 Å². The first-order valence-electron chi connectivity index (χ1n) is 9.93. The van der Waals surface area contributed by atoms with E-state index in [1.807, 2.05) is 30.9 Å². The molecule has 0 unspecified atom stereocenters. The summed E-state index contributed by atoms with van der Waals surface area (Å²) in [7, 11) is 0. The molecule has 0 N–H and O–H groups in total. The van der Waals surface area contributed by atoms with Gasteiger partial charge in [-0.1, -0.05) is 37.8 Å². The average molecular weight is 382 g/mol. The molecule has 1 aromatic carbocycles. The zero-order valence-electron chi connectivity index (χ0n) is 17.2. The van der Waals surface area contributed by atoms with Gasteiger partial charge in [-0.3, -0.25) is 4.99 Å². The van der Waals surface area contributed by atoms with Crippen molar-refractivity contribution in [1.82, 2.24) is 9.47 Å². The molecule has 2 heterocycles. The lowest BCUT2D eigenvalue weighted by Crippen LogP contribution is -2.36. The second-order valence-electron chi connectivity index (χ2n) is 6.47. The van der Waals surface area contributed by atoms with Crippen LogP contribution >= 0.6 is 0 Å². The zero-order chi connectivity index (χ0) is 20.4. The van der Waals surface area contributed by atoms with Gasteiger partial charge >= 0.3 is 6.09 Å². The van der Waals surface area contributed by atoms with Crippen LogP contribution in [-0.4, -0.2) is 34.9 Å². The fourth-order valence-electron chi connectivity index (χ4n) is 3.45. The molecule has 3 rings (SSSR count). The summed E-state index contributed by atoms with van der Waals surface area (Å²) < 4.78 is 7.57. The van der Waals surface area contributed by atoms with Crippen LogP contribution in [0.1, 0.15) is 38.4 Å². The zero-order valence-corrected chi connectivity index (χ0v) is 17.2. The lowest BCUT2D eigenvalue weighted by Gasteiger charge is -2.27. The van der Waals surface area contributed by atoms with Crippen LogP contribution in [0.15, 0.2) is 54.2 Å². The molecular formula is C23H31N3O2. The molecular weight excluding hydrogens is 350 g/mol. The number of amides is 1. The molecule has 0 radical (unpaired) electrons. The maximum absolute atomic E-state index is 12.0. The van der Waals surface area contributed by atoms with Crippen LogP contribution in [-0.2, 0) is 24.2 Å². The van der Waals surface area contributed by atoms with Crippen LogP contribution < -0.4 is 0 Å². The van der Waals surface area contributed by atoms with E-state index in [-0.39, 0.29) is 6.09 Å². The number of carbonyl (C=O) groups is 1. The second kappa shape index (κ2) is 11.1. The van der Waals surface area contributed by atoms with Gasteiger partial charge < -0.3 is 14.2 Å². The summed E-state index contributed by atoms with van der Waals surface area (Å²) in [5.74, 6) is 0. The van der Waals surface area contributed by atoms with Crippen molar-refractivity contribution < 1.29 is 9.53 Å². The molecule has 5 heteroatoms. The maximum Gasteiger partial charge on any atom is 0.410 e. The van der Waals surface area contributed by atoms with Crippen molar-refractivity contribution in [3.8, 4) is 0 Å². The summed E-state index contributed by atoms with van der Waals surface area (Å²) in [5, 5.41) is 1.27. The SMILES string of the molecule is C=CN=C/C=C\C.CCCn1c2c(c3ccccc31)CN(C(=O)OCC)CC2. The first kappa shape index (κ1) is 21.5. The van der Waals surface area contributed by atoms with Gasteiger partial charge in [0.05, 0.1) is 13.2 Å². The molecule has 1 aliphatic rings. The van der Waals surface area contributed by atoms with Crippen LogP contribution in [0, 0.1) is 0 Å². The molecule has 0 fully saturated rings. The van der Waals surface area contributed by atoms with Gasteiger partial charge in [0.1, 0.15) is 0 Å². The van der Waals surface area contributed by atoms with Crippen molar-refractivity contribution in [3.63, 3.8) is 0 Å². The number of aromatic nitrogens is 1. The monoisotopic (exact) mass is 381 g/mol. The Hall–Kier alpha value is -2.82. The summed E-state index contributed by atoms with van der Waals surface area (Å²) in [6.07, 6.45) is 8.77. The Morgan fingerprint density at radius 1 is 1.32 bits per heavy atom. The number of aryl methyl sites for hydroxylation is 1. The Balaban J connectivity index is 0.000000345. The summed E-state index contributed by atoms with van der Waals surface area (Å²) in [5.41, 5.74) is 3.96. The van der Waals surface area contributed by atoms with Crippen LogP contribution in [0.25, 0.3) is 10.9 Å². The number of carbonyl (C=O) groups excluding carboxylic acids is 1. The molecule has 150 valence electrons. The van der Waals surface area contributed by atoms with E-state index in [0.29, 0.717) is 13.2 Å². The van der Waals surface area contributed by atoms with E-state index in [4.69, 9.17) is 4.74 Å². The standard InChI is InChI=1S/C17H22N2O2.C6H9N/c1-3-10-19-15-8-6-5-7-13(15)14-12-18(11-9-16(14)19)17(20)21-4-2;1-3-5-6-7-4-2/h5-8H,3-4,9-12H2,1-2H3;3-6H,2H2,1H3/b;5-3-,7-6?. The number of ether oxygens (including phenoxy) is 1. The average Bonchev–Trinajstić information content (AvgIpc) is 3.03. The van der Waals surface area contributed by atoms with E-state index < -0.39 is 0 Å². The normalized spacial score (nSPS) is 13.5. The molecule has 28 heavy (non-hydrogen) atoms. The van der Waals surface area contributed by atoms with E-state index in [0.717, 1.165) is 25.9 Å². The summed E-state index contributed by atoms with van der Waals surface area (Å²) >= 11 is 0. The van der Waals surface area contributed by atoms with Crippen LogP contribution in [0.5, 0.6) is 0 Å². The molecule has 0 atom stereocenters. The number of para-hydroxylation sites is 1. The van der Waals surface area contributed by atoms with Gasteiger partial charge in [-0.05, 0) is 32.4 Å². The third kappa shape index (κ3) is 5.12. The summed E-state index contributed by atoms with van der Waals surface area (Å²) in [6, 6.07) is 8.50. The Morgan fingerprint density at radius 2 is 2.11 bits per heavy atom. The van der Waals surface area contributed by atoms with Gasteiger partial charge in [0.25, 0.3) is 0 Å². The quantitative estimate of drug-likeness (QED) is 0.656. The maximum atomic E-state index is 12.0. The molecule has 0 saturated carbocycles. The van der Waals surface area contributed by atoms with Crippen molar-refractivity contribution in [2.75, 3.05) is 13.2 Å². The van der Waals surface area contributed by atoms with Crippen LogP contribution in [0.2, 0.25) is 0 Å². The Bertz CT molecular complexity index is 849. The highest BCUT2D eigenvalue weighted by Crippen LogP contribution is 2.31. The smallest absolute Gasteiger partial charge is 0.410 e. The molecule has 1 amide bonds. The first-order chi connectivity index (χ1) is 13.7. The number of nitrogens with zero attached hydrogens (tertiary/aromatic N) is 3. The van der Waals surface area contributed by atoms with Crippen molar-refractivity contribution in [1.29, 1.82) is 0 Å². The third-order valence-corrected chi connectivity index (χ3v) is 4.60. The van der Waals surface area contributed by atoms with Crippen molar-refractivity contribution >= 4 is 23.2 Å². The molecule has 0 aliphatic carbocycles. The number of aliphatic imine (C=N–C) groups is 1. The van der Waals surface area contributed by atoms with E-state index >= 15 is 0 Å². The summed E-state index contributed by atoms with van der Waals surface area (Å²) in [4.78, 5) is 17.5. The minimum atomic E-state index is -0.199. The highest BCUT2D eigenvalue weighted by molar-refractivity contribution is 5.86. The highest BCUT2D eigenvalue weighted by atomic mass is 16.6. The Labute approximate surface area is 168 Å². The Morgan fingerprint density at radius 3 is 2.79 bits per heavy atom. The first-order valence-corrected chi connectivity index (χ1v) is 9.93. The predicted molar refractivity (Wildman–Crippen MR) is 117 cm³/mol. The number of hydrogen-bond donors (Lipinski definition) is 0. The molecule has 0 bridgehead atoms. The van der Waals surface area contributed by atoms with Gasteiger partial charge in [0, 0.05) is 54.1 Å². The van der Waals surface area contributed by atoms with E-state index in [2.05, 4.69) is 47.3 Å². The van der Waals surface area contributed by atoms with Crippen molar-refractivity contribution in [2.24, 2.45) is 4.99 Å². The Kier molecular flexibility index (Phi) is 8.53. The number of allylic oxidation sites excluding steroid dienone is 2. The van der Waals surface area contributed by atoms with E-state index in [1.165, 1.54) is 28.4 Å². The molecule has 1 aromatic heterocycles. The fraction of sp³-hybridized carbons (Fsp3) is 0.391. The third-order valence-electron chi connectivity index (χ3n) is 4.60. The largest absolute Gasteiger partial charge is 0.450 e. The lowest BCUT2D eigenvalue weighted by molar-refractivity contribution is 0.102. The van der Waals surface area contributed by atoms with Gasteiger partial charge in [0.15, 0.2) is 0 Å². The highest BCUT2D eigenvalue weighted by Gasteiger charge is 2.26. The van der Waals surface area contributed by atoms with E-state index in [1.54, 1.807) is 6.21 Å². The molecule has 0 saturated heterocycles. The van der Waals surface area contributed by atoms with Gasteiger partial charge in [0.2, 0.25) is 0 Å². The van der Waals surface area contributed by atoms with Crippen molar-refractivity contribution in [3.05, 3.63) is 60.5 Å². The van der Waals surface area contributed by atoms with E-state index in [9.17, 15) is 4.79 Å². The minimum Gasteiger partial charge on any atom is -0.450 e. The number of fused-ring (bicyclic) bond motifs is 3. The second-order valence-corrected chi connectivity index (χ2v) is 6.47. The summed E-state index contributed by atoms with van der Waals surface area (Å²) in [6.45, 7) is 12.3. The molecule has 0 spiro atoms. The number of benzene rings is 1. The van der Waals surface area contributed by atoms with Gasteiger partial charge in [-0.2, -0.15) is 0 Å². The number of hydrogen-bond acceptors (Lipinski definition) is 3. The molecule has 2 aromatic rings. The van der Waals surface area contributed by atoms with Gasteiger partial charge in [-0.25, -0.2) is 4.79 Å². The topological polar surface area (TPSA) is 46.8 Å². The fourth-order valence-corrected chi connectivity index (χ4v) is 3.45. The lowest BCUT2D eigenvalue weighted by atomic mass is 10.0. The number of rotatable bonds is 5. The van der Waals surface area contributed by atoms with Crippen LogP contribution in [0.3, 0.4) is 0 Å². The minimum absolute atomic E-state index is 0.199. The van der Waals surface area contributed by atoms with Crippen molar-refractivity contribution in [2.45, 2.75) is 46.7 Å². The predicted octanol–water partition coefficient (Wildman–Crippen LogP) is 5.34. The molecule has 5 nitrogen and oxygen atoms in total. The van der Waals surface area contributed by atoms with Gasteiger partial charge in [-0.15, -0.1) is 0 Å². The molecule has 1 aliphatic heterocycles.